The van der Waals surface area contributed by atoms with Crippen LogP contribution in [0.5, 0.6) is 0 Å². The Balaban J connectivity index is 2.23. The number of nitrogens with one attached hydrogen (secondary N) is 1. The Kier molecular flexibility index (Phi) is 2.36. The summed E-state index contributed by atoms with van der Waals surface area (Å²) in [6.45, 7) is 5.49. The summed E-state index contributed by atoms with van der Waals surface area (Å²) >= 11 is 0. The molecule has 72 valence electrons. The van der Waals surface area contributed by atoms with Crippen LogP contribution in [0.1, 0.15) is 44.5 Å². The molecule has 1 unspecified atom stereocenters. The zero-order valence-corrected chi connectivity index (χ0v) is 8.33. The highest BCUT2D eigenvalue weighted by atomic mass is 15.3. The third-order valence-electron chi connectivity index (χ3n) is 2.61. The van der Waals surface area contributed by atoms with E-state index < -0.39 is 0 Å². The standard InChI is InChI=1S/C10H17N3/c1-8(2)13-10(5-7-12-13)9-4-3-6-11-9/h5,7-9,11H,3-4,6H2,1-2H3. The summed E-state index contributed by atoms with van der Waals surface area (Å²) in [6, 6.07) is 3.13. The molecule has 1 aromatic rings. The van der Waals surface area contributed by atoms with Gasteiger partial charge in [0.1, 0.15) is 0 Å². The average Bonchev–Trinajstić information content (AvgIpc) is 2.74. The smallest absolute Gasteiger partial charge is 0.0556 e. The fourth-order valence-electron chi connectivity index (χ4n) is 1.97. The minimum atomic E-state index is 0.465. The van der Waals surface area contributed by atoms with E-state index in [1.807, 2.05) is 6.20 Å². The normalized spacial score (nSPS) is 22.8. The van der Waals surface area contributed by atoms with Crippen LogP contribution in [-0.4, -0.2) is 16.3 Å². The van der Waals surface area contributed by atoms with Crippen LogP contribution in [0.4, 0.5) is 0 Å². The van der Waals surface area contributed by atoms with Crippen LogP contribution >= 0.6 is 0 Å². The van der Waals surface area contributed by atoms with Gasteiger partial charge in [-0.3, -0.25) is 4.68 Å². The van der Waals surface area contributed by atoms with Gasteiger partial charge in [0.25, 0.3) is 0 Å². The molecule has 1 aliphatic heterocycles. The van der Waals surface area contributed by atoms with Gasteiger partial charge in [-0.15, -0.1) is 0 Å². The van der Waals surface area contributed by atoms with Crippen LogP contribution in [-0.2, 0) is 0 Å². The molecule has 2 heterocycles. The summed E-state index contributed by atoms with van der Waals surface area (Å²) < 4.78 is 2.11. The molecule has 1 atom stereocenters. The van der Waals surface area contributed by atoms with Crippen LogP contribution in [0.25, 0.3) is 0 Å². The maximum atomic E-state index is 4.34. The van der Waals surface area contributed by atoms with Crippen molar-refractivity contribution in [3.05, 3.63) is 18.0 Å². The molecule has 1 aliphatic rings. The van der Waals surface area contributed by atoms with E-state index >= 15 is 0 Å². The molecule has 0 amide bonds. The van der Waals surface area contributed by atoms with Crippen molar-refractivity contribution < 1.29 is 0 Å². The van der Waals surface area contributed by atoms with E-state index in [0.717, 1.165) is 6.54 Å². The van der Waals surface area contributed by atoms with Gasteiger partial charge in [-0.2, -0.15) is 5.10 Å². The van der Waals surface area contributed by atoms with Gasteiger partial charge >= 0.3 is 0 Å². The third-order valence-corrected chi connectivity index (χ3v) is 2.61. The molecular formula is C10H17N3. The second-order valence-corrected chi connectivity index (χ2v) is 3.94. The Bertz CT molecular complexity index is 271. The number of hydrogen-bond donors (Lipinski definition) is 1. The molecule has 0 spiro atoms. The predicted molar refractivity (Wildman–Crippen MR) is 52.6 cm³/mol. The third kappa shape index (κ3) is 1.61. The molecule has 0 radical (unpaired) electrons. The molecule has 1 fully saturated rings. The summed E-state index contributed by atoms with van der Waals surface area (Å²) in [4.78, 5) is 0. The first-order valence-electron chi connectivity index (χ1n) is 5.06. The second-order valence-electron chi connectivity index (χ2n) is 3.94. The van der Waals surface area contributed by atoms with E-state index in [2.05, 4.69) is 35.0 Å². The van der Waals surface area contributed by atoms with Crippen LogP contribution in [0.3, 0.4) is 0 Å². The number of rotatable bonds is 2. The number of aromatic nitrogens is 2. The lowest BCUT2D eigenvalue weighted by molar-refractivity contribution is 0.472. The topological polar surface area (TPSA) is 29.9 Å². The lowest BCUT2D eigenvalue weighted by Crippen LogP contribution is -2.18. The fraction of sp³-hybridized carbons (Fsp3) is 0.700. The molecule has 1 N–H and O–H groups in total. The summed E-state index contributed by atoms with van der Waals surface area (Å²) in [5.41, 5.74) is 1.34. The molecule has 2 rings (SSSR count). The van der Waals surface area contributed by atoms with E-state index in [-0.39, 0.29) is 0 Å². The van der Waals surface area contributed by atoms with E-state index in [1.165, 1.54) is 18.5 Å². The van der Waals surface area contributed by atoms with Crippen molar-refractivity contribution >= 4 is 0 Å². The molecule has 0 saturated carbocycles. The van der Waals surface area contributed by atoms with Gasteiger partial charge in [-0.25, -0.2) is 0 Å². The van der Waals surface area contributed by atoms with Gasteiger partial charge in [-0.05, 0) is 39.3 Å². The van der Waals surface area contributed by atoms with Gasteiger partial charge in [0.2, 0.25) is 0 Å². The zero-order chi connectivity index (χ0) is 9.26. The van der Waals surface area contributed by atoms with Gasteiger partial charge in [0.05, 0.1) is 5.69 Å². The first-order valence-corrected chi connectivity index (χ1v) is 5.06. The SMILES string of the molecule is CC(C)n1nccc1C1CCCN1. The van der Waals surface area contributed by atoms with Crippen molar-refractivity contribution in [3.63, 3.8) is 0 Å². The number of nitrogens with zero attached hydrogens (tertiary/aromatic N) is 2. The van der Waals surface area contributed by atoms with Gasteiger partial charge in [-0.1, -0.05) is 0 Å². The Morgan fingerprint density at radius 2 is 2.46 bits per heavy atom. The fourth-order valence-corrected chi connectivity index (χ4v) is 1.97. The Hall–Kier alpha value is -0.830. The lowest BCUT2D eigenvalue weighted by Gasteiger charge is -2.15. The molecular weight excluding hydrogens is 162 g/mol. The van der Waals surface area contributed by atoms with Gasteiger partial charge in [0, 0.05) is 18.3 Å². The van der Waals surface area contributed by atoms with E-state index in [1.54, 1.807) is 0 Å². The zero-order valence-electron chi connectivity index (χ0n) is 8.33. The highest BCUT2D eigenvalue weighted by Gasteiger charge is 2.20. The van der Waals surface area contributed by atoms with E-state index in [9.17, 15) is 0 Å². The highest BCUT2D eigenvalue weighted by Crippen LogP contribution is 2.24. The average molecular weight is 179 g/mol. The molecule has 3 nitrogen and oxygen atoms in total. The van der Waals surface area contributed by atoms with Crippen molar-refractivity contribution in [2.45, 2.75) is 38.8 Å². The number of hydrogen-bond acceptors (Lipinski definition) is 2. The van der Waals surface area contributed by atoms with Crippen molar-refractivity contribution in [2.75, 3.05) is 6.54 Å². The van der Waals surface area contributed by atoms with Crippen molar-refractivity contribution in [3.8, 4) is 0 Å². The Labute approximate surface area is 79.1 Å². The van der Waals surface area contributed by atoms with Gasteiger partial charge in [0.15, 0.2) is 0 Å². The quantitative estimate of drug-likeness (QED) is 0.751. The maximum absolute atomic E-state index is 4.34. The van der Waals surface area contributed by atoms with Gasteiger partial charge < -0.3 is 5.32 Å². The second kappa shape index (κ2) is 3.50. The van der Waals surface area contributed by atoms with E-state index in [0.29, 0.717) is 12.1 Å². The summed E-state index contributed by atoms with van der Waals surface area (Å²) in [6.07, 6.45) is 4.43. The first-order chi connectivity index (χ1) is 6.29. The van der Waals surface area contributed by atoms with Crippen LogP contribution in [0.15, 0.2) is 12.3 Å². The van der Waals surface area contributed by atoms with Crippen LogP contribution < -0.4 is 5.32 Å². The largest absolute Gasteiger partial charge is 0.309 e. The summed E-state index contributed by atoms with van der Waals surface area (Å²) in [7, 11) is 0. The molecule has 0 aliphatic carbocycles. The molecule has 0 bridgehead atoms. The molecule has 1 saturated heterocycles. The predicted octanol–water partition coefficient (Wildman–Crippen LogP) is 1.89. The van der Waals surface area contributed by atoms with E-state index in [4.69, 9.17) is 0 Å². The molecule has 1 aromatic heterocycles. The van der Waals surface area contributed by atoms with Crippen LogP contribution in [0.2, 0.25) is 0 Å². The maximum Gasteiger partial charge on any atom is 0.0556 e. The Morgan fingerprint density at radius 1 is 1.62 bits per heavy atom. The monoisotopic (exact) mass is 179 g/mol. The Morgan fingerprint density at radius 3 is 3.08 bits per heavy atom. The van der Waals surface area contributed by atoms with Crippen molar-refractivity contribution in [1.82, 2.24) is 15.1 Å². The van der Waals surface area contributed by atoms with Crippen molar-refractivity contribution in [1.29, 1.82) is 0 Å². The highest BCUT2D eigenvalue weighted by molar-refractivity contribution is 5.09. The van der Waals surface area contributed by atoms with Crippen molar-refractivity contribution in [2.24, 2.45) is 0 Å². The minimum Gasteiger partial charge on any atom is -0.309 e. The summed E-state index contributed by atoms with van der Waals surface area (Å²) in [5, 5.41) is 7.83. The lowest BCUT2D eigenvalue weighted by atomic mass is 10.1. The minimum absolute atomic E-state index is 0.465. The molecule has 13 heavy (non-hydrogen) atoms. The molecule has 3 heteroatoms. The summed E-state index contributed by atoms with van der Waals surface area (Å²) in [5.74, 6) is 0. The first kappa shape index (κ1) is 8.75. The van der Waals surface area contributed by atoms with Crippen LogP contribution in [0, 0.1) is 0 Å². The molecule has 0 aromatic carbocycles.